The van der Waals surface area contributed by atoms with E-state index in [1.165, 1.54) is 6.08 Å². The second-order valence-electron chi connectivity index (χ2n) is 9.43. The first-order chi connectivity index (χ1) is 17.6. The zero-order valence-corrected chi connectivity index (χ0v) is 23.2. The van der Waals surface area contributed by atoms with Gasteiger partial charge in [0, 0.05) is 43.5 Å². The minimum atomic E-state index is -3.61. The van der Waals surface area contributed by atoms with E-state index in [-0.39, 0.29) is 6.04 Å². The van der Waals surface area contributed by atoms with Crippen molar-refractivity contribution in [1.29, 1.82) is 0 Å². The molecule has 1 aromatic carbocycles. The largest absolute Gasteiger partial charge is 0.393 e. The highest BCUT2D eigenvalue weighted by Crippen LogP contribution is 2.32. The van der Waals surface area contributed by atoms with Crippen molar-refractivity contribution in [3.8, 4) is 0 Å². The van der Waals surface area contributed by atoms with Crippen molar-refractivity contribution in [3.05, 3.63) is 77.0 Å². The molecule has 200 valence electrons. The number of nitrogens with zero attached hydrogens (tertiary/aromatic N) is 3. The molecule has 0 saturated carbocycles. The molecule has 1 atom stereocenters. The summed E-state index contributed by atoms with van der Waals surface area (Å²) in [6, 6.07) is 6.03. The molecule has 2 heterocycles. The molecule has 0 spiro atoms. The highest BCUT2D eigenvalue weighted by molar-refractivity contribution is 7.93. The van der Waals surface area contributed by atoms with Crippen LogP contribution in [-0.4, -0.2) is 51.1 Å². The Morgan fingerprint density at radius 1 is 1.30 bits per heavy atom. The fraction of sp³-hybridized carbons (Fsp3) is 0.393. The quantitative estimate of drug-likeness (QED) is 0.479. The van der Waals surface area contributed by atoms with Gasteiger partial charge in [-0.3, -0.25) is 0 Å². The number of fused-ring (bicyclic) bond motifs is 1. The van der Waals surface area contributed by atoms with E-state index in [0.29, 0.717) is 11.4 Å². The first-order valence-electron chi connectivity index (χ1n) is 12.4. The van der Waals surface area contributed by atoms with Crippen LogP contribution < -0.4 is 14.9 Å². The molecule has 1 unspecified atom stereocenters. The van der Waals surface area contributed by atoms with Crippen LogP contribution in [0.25, 0.3) is 16.6 Å². The molecule has 0 radical (unpaired) electrons. The molecule has 37 heavy (non-hydrogen) atoms. The minimum Gasteiger partial charge on any atom is -0.393 e. The van der Waals surface area contributed by atoms with Gasteiger partial charge in [-0.1, -0.05) is 29.9 Å². The highest BCUT2D eigenvalue weighted by atomic mass is 32.2. The van der Waals surface area contributed by atoms with Gasteiger partial charge >= 0.3 is 0 Å². The number of alkyl halides is 1. The Labute approximate surface area is 220 Å². The number of aromatic nitrogens is 2. The lowest BCUT2D eigenvalue weighted by Crippen LogP contribution is -2.38. The maximum Gasteiger partial charge on any atom is 0.241 e. The summed E-state index contributed by atoms with van der Waals surface area (Å²) in [7, 11) is -1.75. The molecule has 2 aromatic rings. The van der Waals surface area contributed by atoms with Crippen LogP contribution in [-0.2, 0) is 10.0 Å². The molecule has 1 fully saturated rings. The molecule has 1 aliphatic carbocycles. The molecular formula is C28H38FN5O2S. The third kappa shape index (κ3) is 6.59. The Kier molecular flexibility index (Phi) is 9.50. The lowest BCUT2D eigenvalue weighted by atomic mass is 10.2. The zero-order valence-electron chi connectivity index (χ0n) is 22.4. The lowest BCUT2D eigenvalue weighted by Gasteiger charge is -2.21. The number of rotatable bonds is 7. The standard InChI is InChI=1S/C25H33N5O2S.C3H5F/c1-17-9-10-18(2)25(19(3)13-17)33(31,32)28-21-11-12-29(16-21)23-7-6-8-24-22(23)15-27-30(24)20(4)14-26-5;1-2-3-4/h6-8,10,13-15,21,26,28H,9,11-12,16H2,1-5H3;2H,1,3H2/b20-14+;. The summed E-state index contributed by atoms with van der Waals surface area (Å²) in [6.07, 6.45) is 10.5. The fourth-order valence-electron chi connectivity index (χ4n) is 4.85. The third-order valence-corrected chi connectivity index (χ3v) is 8.24. The van der Waals surface area contributed by atoms with Gasteiger partial charge in [0.05, 0.1) is 22.3 Å². The number of benzene rings is 1. The van der Waals surface area contributed by atoms with Crippen LogP contribution >= 0.6 is 0 Å². The second-order valence-corrected chi connectivity index (χ2v) is 11.1. The van der Waals surface area contributed by atoms with Crippen LogP contribution in [0.2, 0.25) is 0 Å². The summed E-state index contributed by atoms with van der Waals surface area (Å²) in [6.45, 7) is 11.9. The third-order valence-electron chi connectivity index (χ3n) is 6.42. The van der Waals surface area contributed by atoms with Gasteiger partial charge in [0.2, 0.25) is 10.0 Å². The highest BCUT2D eigenvalue weighted by Gasteiger charge is 2.31. The van der Waals surface area contributed by atoms with Crippen LogP contribution in [0.3, 0.4) is 0 Å². The number of hydrogen-bond donors (Lipinski definition) is 2. The monoisotopic (exact) mass is 527 g/mol. The number of nitrogens with one attached hydrogen (secondary N) is 2. The number of sulfonamides is 1. The van der Waals surface area contributed by atoms with Gasteiger partial charge in [0.1, 0.15) is 6.67 Å². The smallest absolute Gasteiger partial charge is 0.241 e. The molecule has 1 aromatic heterocycles. The van der Waals surface area contributed by atoms with Crippen LogP contribution in [0, 0.1) is 0 Å². The van der Waals surface area contributed by atoms with Crippen LogP contribution in [0.4, 0.5) is 10.1 Å². The normalized spacial score (nSPS) is 18.7. The van der Waals surface area contributed by atoms with Gasteiger partial charge in [-0.15, -0.1) is 6.58 Å². The second kappa shape index (κ2) is 12.4. The van der Waals surface area contributed by atoms with Gasteiger partial charge in [-0.25, -0.2) is 22.2 Å². The molecule has 2 aliphatic rings. The molecule has 4 rings (SSSR count). The number of halogens is 1. The van der Waals surface area contributed by atoms with E-state index in [1.54, 1.807) is 0 Å². The summed E-state index contributed by atoms with van der Waals surface area (Å²) in [4.78, 5) is 2.66. The maximum atomic E-state index is 13.3. The van der Waals surface area contributed by atoms with Crippen LogP contribution in [0.15, 0.2) is 77.0 Å². The van der Waals surface area contributed by atoms with E-state index in [4.69, 9.17) is 0 Å². The Morgan fingerprint density at radius 3 is 2.70 bits per heavy atom. The lowest BCUT2D eigenvalue weighted by molar-refractivity contribution is 0.562. The van der Waals surface area contributed by atoms with Crippen molar-refractivity contribution >= 4 is 32.3 Å². The molecule has 9 heteroatoms. The number of anilines is 1. The van der Waals surface area contributed by atoms with E-state index in [0.717, 1.165) is 58.4 Å². The molecule has 0 amide bonds. The average molecular weight is 528 g/mol. The van der Waals surface area contributed by atoms with Gasteiger partial charge in [0.25, 0.3) is 0 Å². The summed E-state index contributed by atoms with van der Waals surface area (Å²) < 4.78 is 42.2. The molecule has 1 aliphatic heterocycles. The molecular weight excluding hydrogens is 489 g/mol. The first kappa shape index (κ1) is 28.4. The van der Waals surface area contributed by atoms with E-state index in [1.807, 2.05) is 70.0 Å². The van der Waals surface area contributed by atoms with Crippen molar-refractivity contribution < 1.29 is 12.8 Å². The van der Waals surface area contributed by atoms with Gasteiger partial charge in [0.15, 0.2) is 0 Å². The molecule has 7 nitrogen and oxygen atoms in total. The summed E-state index contributed by atoms with van der Waals surface area (Å²) >= 11 is 0. The van der Waals surface area contributed by atoms with E-state index >= 15 is 0 Å². The molecule has 2 N–H and O–H groups in total. The summed E-state index contributed by atoms with van der Waals surface area (Å²) in [5.74, 6) is 0. The van der Waals surface area contributed by atoms with Gasteiger partial charge < -0.3 is 10.2 Å². The van der Waals surface area contributed by atoms with Crippen LogP contribution in [0.5, 0.6) is 0 Å². The predicted molar refractivity (Wildman–Crippen MR) is 152 cm³/mol. The molecule has 1 saturated heterocycles. The predicted octanol–water partition coefficient (Wildman–Crippen LogP) is 5.28. The van der Waals surface area contributed by atoms with Crippen molar-refractivity contribution in [2.45, 2.75) is 46.6 Å². The fourth-order valence-corrected chi connectivity index (χ4v) is 6.59. The van der Waals surface area contributed by atoms with Crippen molar-refractivity contribution in [3.63, 3.8) is 0 Å². The first-order valence-corrected chi connectivity index (χ1v) is 13.9. The van der Waals surface area contributed by atoms with Crippen molar-refractivity contribution in [2.75, 3.05) is 31.7 Å². The Balaban J connectivity index is 0.000000886. The average Bonchev–Trinajstić information content (AvgIpc) is 3.46. The topological polar surface area (TPSA) is 79.3 Å². The van der Waals surface area contributed by atoms with Crippen molar-refractivity contribution in [2.24, 2.45) is 0 Å². The SMILES string of the molecule is C=CCF.CN/C=C(\C)n1ncc2c(N3CCC(NS(=O)(=O)C4=C(C)C=C(C)CC=C4C)C3)cccc21. The van der Waals surface area contributed by atoms with Crippen LogP contribution in [0.1, 0.15) is 40.5 Å². The van der Waals surface area contributed by atoms with Crippen molar-refractivity contribution in [1.82, 2.24) is 19.8 Å². The van der Waals surface area contributed by atoms with E-state index < -0.39 is 16.7 Å². The zero-order chi connectivity index (χ0) is 27.2. The Hall–Kier alpha value is -3.17. The minimum absolute atomic E-state index is 0.146. The van der Waals surface area contributed by atoms with Gasteiger partial charge in [-0.05, 0) is 63.8 Å². The molecule has 0 bridgehead atoms. The Bertz CT molecular complexity index is 1370. The van der Waals surface area contributed by atoms with Gasteiger partial charge in [-0.2, -0.15) is 5.10 Å². The maximum absolute atomic E-state index is 13.3. The van der Waals surface area contributed by atoms with E-state index in [9.17, 15) is 12.8 Å². The summed E-state index contributed by atoms with van der Waals surface area (Å²) in [5, 5.41) is 8.68. The number of hydrogen-bond acceptors (Lipinski definition) is 5. The van der Waals surface area contributed by atoms with E-state index in [2.05, 4.69) is 38.7 Å². The Morgan fingerprint density at radius 2 is 2.03 bits per heavy atom. The summed E-state index contributed by atoms with van der Waals surface area (Å²) in [5.41, 5.74) is 5.88. The number of allylic oxidation sites excluding steroid dienone is 7.